The van der Waals surface area contributed by atoms with Crippen molar-refractivity contribution >= 4 is 17.5 Å². The third-order valence-electron chi connectivity index (χ3n) is 3.29. The number of primary amides is 1. The molecular formula is C16H19N5O2. The number of carbonyl (C=O) groups is 2. The van der Waals surface area contributed by atoms with Crippen LogP contribution in [-0.4, -0.2) is 26.8 Å². The topological polar surface area (TPSA) is 94.1 Å². The molecule has 0 saturated carbocycles. The Morgan fingerprint density at radius 2 is 2.13 bits per heavy atom. The number of amides is 2. The number of hydrogen-bond acceptors (Lipinski definition) is 4. The van der Waals surface area contributed by atoms with Crippen LogP contribution in [0.3, 0.4) is 0 Å². The molecule has 0 spiro atoms. The summed E-state index contributed by atoms with van der Waals surface area (Å²) in [6.07, 6.45) is 2.83. The monoisotopic (exact) mass is 313 g/mol. The summed E-state index contributed by atoms with van der Waals surface area (Å²) in [5.41, 5.74) is 7.73. The van der Waals surface area contributed by atoms with Crippen LogP contribution in [0.2, 0.25) is 0 Å². The van der Waals surface area contributed by atoms with Crippen molar-refractivity contribution in [2.75, 3.05) is 4.90 Å². The second-order valence-electron chi connectivity index (χ2n) is 5.07. The van der Waals surface area contributed by atoms with Crippen molar-refractivity contribution in [2.45, 2.75) is 26.9 Å². The molecule has 0 bridgehead atoms. The van der Waals surface area contributed by atoms with E-state index < -0.39 is 5.91 Å². The van der Waals surface area contributed by atoms with Crippen LogP contribution in [0.25, 0.3) is 0 Å². The summed E-state index contributed by atoms with van der Waals surface area (Å²) in [6.45, 7) is 8.16. The fourth-order valence-corrected chi connectivity index (χ4v) is 2.19. The van der Waals surface area contributed by atoms with Crippen molar-refractivity contribution < 1.29 is 9.59 Å². The molecule has 0 saturated heterocycles. The summed E-state index contributed by atoms with van der Waals surface area (Å²) in [5.74, 6) is -0.838. The van der Waals surface area contributed by atoms with E-state index in [9.17, 15) is 9.59 Å². The summed E-state index contributed by atoms with van der Waals surface area (Å²) < 4.78 is 0. The molecule has 0 fully saturated rings. The van der Waals surface area contributed by atoms with E-state index in [-0.39, 0.29) is 12.5 Å². The van der Waals surface area contributed by atoms with Gasteiger partial charge in [-0.05, 0) is 43.7 Å². The van der Waals surface area contributed by atoms with Gasteiger partial charge >= 0.3 is 0 Å². The molecular weight excluding hydrogens is 294 g/mol. The Bertz CT molecular complexity index is 751. The van der Waals surface area contributed by atoms with Gasteiger partial charge in [0.25, 0.3) is 5.91 Å². The van der Waals surface area contributed by atoms with Gasteiger partial charge in [-0.3, -0.25) is 9.59 Å². The molecule has 2 amide bonds. The minimum atomic E-state index is -0.544. The van der Waals surface area contributed by atoms with Crippen LogP contribution in [-0.2, 0) is 17.9 Å². The Hall–Kier alpha value is -2.96. The maximum atomic E-state index is 12.2. The summed E-state index contributed by atoms with van der Waals surface area (Å²) in [4.78, 5) is 26.7. The molecule has 1 aromatic heterocycles. The highest BCUT2D eigenvalue weighted by Gasteiger charge is 2.17. The van der Waals surface area contributed by atoms with Crippen molar-refractivity contribution in [2.24, 2.45) is 5.73 Å². The van der Waals surface area contributed by atoms with Crippen LogP contribution >= 0.6 is 0 Å². The van der Waals surface area contributed by atoms with Crippen LogP contribution in [0.1, 0.15) is 28.5 Å². The highest BCUT2D eigenvalue weighted by atomic mass is 16.2. The van der Waals surface area contributed by atoms with Gasteiger partial charge in [-0.1, -0.05) is 6.58 Å². The Morgan fingerprint density at radius 3 is 2.70 bits per heavy atom. The number of anilines is 1. The van der Waals surface area contributed by atoms with Gasteiger partial charge in [0.2, 0.25) is 5.91 Å². The molecule has 120 valence electrons. The minimum absolute atomic E-state index is 0.229. The average Bonchev–Trinajstić information content (AvgIpc) is 2.99. The zero-order valence-electron chi connectivity index (χ0n) is 13.2. The maximum Gasteiger partial charge on any atom is 0.250 e. The van der Waals surface area contributed by atoms with Crippen molar-refractivity contribution in [1.29, 1.82) is 0 Å². The Morgan fingerprint density at radius 1 is 1.39 bits per heavy atom. The lowest BCUT2D eigenvalue weighted by Crippen LogP contribution is -2.29. The van der Waals surface area contributed by atoms with Crippen molar-refractivity contribution in [3.8, 4) is 0 Å². The van der Waals surface area contributed by atoms with E-state index in [1.54, 1.807) is 24.4 Å². The average molecular weight is 313 g/mol. The number of hydrogen-bond donors (Lipinski definition) is 1. The van der Waals surface area contributed by atoms with E-state index in [4.69, 9.17) is 5.73 Å². The number of nitrogens with zero attached hydrogens (tertiary/aromatic N) is 4. The first kappa shape index (κ1) is 16.4. The standard InChI is InChI=1S/C16H19N5O2/c1-4-15(22)20(10-13-9-18-21(5-2)19-13)14-7-11(3)6-12(8-14)16(17)23/h4,6-9H,1,5,10H2,2-3H3,(H2,17,23). The molecule has 7 heteroatoms. The van der Waals surface area contributed by atoms with E-state index in [1.807, 2.05) is 13.8 Å². The van der Waals surface area contributed by atoms with Crippen LogP contribution in [0.5, 0.6) is 0 Å². The number of nitrogens with two attached hydrogens (primary N) is 1. The lowest BCUT2D eigenvalue weighted by atomic mass is 10.1. The van der Waals surface area contributed by atoms with Gasteiger partial charge in [0.05, 0.1) is 19.3 Å². The Balaban J connectivity index is 2.40. The smallest absolute Gasteiger partial charge is 0.250 e. The Kier molecular flexibility index (Phi) is 4.90. The molecule has 2 rings (SSSR count). The number of carbonyl (C=O) groups excluding carboxylic acids is 2. The lowest BCUT2D eigenvalue weighted by molar-refractivity contribution is -0.114. The van der Waals surface area contributed by atoms with Crippen molar-refractivity contribution in [3.63, 3.8) is 0 Å². The van der Waals surface area contributed by atoms with Gasteiger partial charge < -0.3 is 10.6 Å². The molecule has 7 nitrogen and oxygen atoms in total. The molecule has 1 heterocycles. The SMILES string of the molecule is C=CC(=O)N(Cc1cnn(CC)n1)c1cc(C)cc(C(N)=O)c1. The van der Waals surface area contributed by atoms with E-state index in [1.165, 1.54) is 15.8 Å². The number of aromatic nitrogens is 3. The molecule has 0 aliphatic rings. The van der Waals surface area contributed by atoms with Gasteiger partial charge in [0.15, 0.2) is 0 Å². The summed E-state index contributed by atoms with van der Waals surface area (Å²) in [5, 5.41) is 8.37. The first-order valence-electron chi connectivity index (χ1n) is 7.19. The third kappa shape index (κ3) is 3.82. The van der Waals surface area contributed by atoms with Crippen LogP contribution < -0.4 is 10.6 Å². The second-order valence-corrected chi connectivity index (χ2v) is 5.07. The molecule has 0 aliphatic heterocycles. The summed E-state index contributed by atoms with van der Waals surface area (Å²) >= 11 is 0. The maximum absolute atomic E-state index is 12.2. The summed E-state index contributed by atoms with van der Waals surface area (Å²) in [7, 11) is 0. The zero-order valence-corrected chi connectivity index (χ0v) is 13.2. The zero-order chi connectivity index (χ0) is 17.0. The predicted molar refractivity (Wildman–Crippen MR) is 86.8 cm³/mol. The van der Waals surface area contributed by atoms with Gasteiger partial charge in [0, 0.05) is 11.3 Å². The van der Waals surface area contributed by atoms with Crippen molar-refractivity contribution in [3.05, 3.63) is 53.9 Å². The van der Waals surface area contributed by atoms with Crippen LogP contribution in [0.15, 0.2) is 37.1 Å². The molecule has 2 aromatic rings. The fraction of sp³-hybridized carbons (Fsp3) is 0.250. The minimum Gasteiger partial charge on any atom is -0.366 e. The number of rotatable bonds is 6. The quantitative estimate of drug-likeness (QED) is 0.816. The third-order valence-corrected chi connectivity index (χ3v) is 3.29. The van der Waals surface area contributed by atoms with Crippen molar-refractivity contribution in [1.82, 2.24) is 15.0 Å². The van der Waals surface area contributed by atoms with E-state index in [0.29, 0.717) is 23.5 Å². The van der Waals surface area contributed by atoms with Gasteiger partial charge in [0.1, 0.15) is 5.69 Å². The lowest BCUT2D eigenvalue weighted by Gasteiger charge is -2.21. The molecule has 2 N–H and O–H groups in total. The first-order chi connectivity index (χ1) is 10.9. The fourth-order valence-electron chi connectivity index (χ4n) is 2.19. The van der Waals surface area contributed by atoms with Gasteiger partial charge in [-0.25, -0.2) is 0 Å². The normalized spacial score (nSPS) is 10.3. The summed E-state index contributed by atoms with van der Waals surface area (Å²) in [6, 6.07) is 5.06. The largest absolute Gasteiger partial charge is 0.366 e. The first-order valence-corrected chi connectivity index (χ1v) is 7.19. The van der Waals surface area contributed by atoms with Gasteiger partial charge in [-0.15, -0.1) is 0 Å². The van der Waals surface area contributed by atoms with E-state index >= 15 is 0 Å². The Labute approximate surface area is 134 Å². The molecule has 0 atom stereocenters. The highest BCUT2D eigenvalue weighted by molar-refractivity contribution is 6.02. The highest BCUT2D eigenvalue weighted by Crippen LogP contribution is 2.21. The van der Waals surface area contributed by atoms with E-state index in [2.05, 4.69) is 16.8 Å². The van der Waals surface area contributed by atoms with Crippen LogP contribution in [0.4, 0.5) is 5.69 Å². The predicted octanol–water partition coefficient (Wildman–Crippen LogP) is 1.42. The number of benzene rings is 1. The number of aryl methyl sites for hydroxylation is 2. The van der Waals surface area contributed by atoms with E-state index in [0.717, 1.165) is 5.56 Å². The molecule has 0 aliphatic carbocycles. The molecule has 0 unspecified atom stereocenters. The second kappa shape index (κ2) is 6.87. The van der Waals surface area contributed by atoms with Gasteiger partial charge in [-0.2, -0.15) is 15.0 Å². The molecule has 0 radical (unpaired) electrons. The molecule has 1 aromatic carbocycles. The van der Waals surface area contributed by atoms with Crippen LogP contribution in [0, 0.1) is 6.92 Å². The molecule has 23 heavy (non-hydrogen) atoms.